The summed E-state index contributed by atoms with van der Waals surface area (Å²) in [6.07, 6.45) is 0.442. The highest BCUT2D eigenvalue weighted by molar-refractivity contribution is 7.99. The number of aliphatic carboxylic acids is 2. The van der Waals surface area contributed by atoms with Crippen molar-refractivity contribution < 1.29 is 30.0 Å². The molecule has 0 aliphatic heterocycles. The molecule has 2 rings (SSSR count). The second kappa shape index (κ2) is 15.3. The van der Waals surface area contributed by atoms with Gasteiger partial charge >= 0.3 is 11.9 Å². The van der Waals surface area contributed by atoms with Crippen LogP contribution >= 0.6 is 23.5 Å². The lowest BCUT2D eigenvalue weighted by molar-refractivity contribution is -0.156. The molecule has 2 unspecified atom stereocenters. The largest absolute Gasteiger partial charge is 0.507 e. The molecule has 0 fully saturated rings. The first-order valence-electron chi connectivity index (χ1n) is 17.1. The number of rotatable bonds is 13. The van der Waals surface area contributed by atoms with Crippen LogP contribution in [0.5, 0.6) is 11.5 Å². The van der Waals surface area contributed by atoms with Crippen molar-refractivity contribution in [3.05, 3.63) is 46.5 Å². The molecule has 2 aromatic rings. The number of thioether (sulfide) groups is 2. The van der Waals surface area contributed by atoms with Crippen LogP contribution in [0.3, 0.4) is 0 Å². The molecular formula is C40H62O6S2. The second-order valence-corrected chi connectivity index (χ2v) is 19.9. The van der Waals surface area contributed by atoms with Gasteiger partial charge in [0.2, 0.25) is 0 Å². The summed E-state index contributed by atoms with van der Waals surface area (Å²) in [7, 11) is 0. The molecule has 270 valence electrons. The molecule has 0 saturated heterocycles. The Balaban J connectivity index is 2.54. The van der Waals surface area contributed by atoms with Crippen molar-refractivity contribution in [1.29, 1.82) is 0 Å². The molecular weight excluding hydrogens is 641 g/mol. The lowest BCUT2D eigenvalue weighted by atomic mass is 9.66. The fourth-order valence-electron chi connectivity index (χ4n) is 6.45. The van der Waals surface area contributed by atoms with Gasteiger partial charge in [-0.2, -0.15) is 0 Å². The summed E-state index contributed by atoms with van der Waals surface area (Å²) in [6.45, 7) is 28.9. The number of benzene rings is 2. The maximum atomic E-state index is 13.4. The zero-order valence-electron chi connectivity index (χ0n) is 31.9. The van der Waals surface area contributed by atoms with E-state index in [-0.39, 0.29) is 52.8 Å². The van der Waals surface area contributed by atoms with Gasteiger partial charge in [-0.05, 0) is 70.6 Å². The van der Waals surface area contributed by atoms with Crippen molar-refractivity contribution >= 4 is 35.5 Å². The van der Waals surface area contributed by atoms with Crippen molar-refractivity contribution in [1.82, 2.24) is 0 Å². The van der Waals surface area contributed by atoms with Gasteiger partial charge in [0.25, 0.3) is 0 Å². The highest BCUT2D eigenvalue weighted by Crippen LogP contribution is 2.48. The highest BCUT2D eigenvalue weighted by Gasteiger charge is 2.47. The van der Waals surface area contributed by atoms with Gasteiger partial charge < -0.3 is 20.4 Å². The number of hydrogen-bond acceptors (Lipinski definition) is 6. The quantitative estimate of drug-likeness (QED) is 0.152. The van der Waals surface area contributed by atoms with Gasteiger partial charge in [0, 0.05) is 50.0 Å². The van der Waals surface area contributed by atoms with E-state index in [1.807, 2.05) is 38.1 Å². The first-order chi connectivity index (χ1) is 21.6. The molecule has 0 heterocycles. The van der Waals surface area contributed by atoms with Crippen molar-refractivity contribution in [2.24, 2.45) is 17.3 Å². The Labute approximate surface area is 298 Å². The maximum Gasteiger partial charge on any atom is 0.310 e. The zero-order valence-corrected chi connectivity index (χ0v) is 33.6. The molecule has 2 aromatic carbocycles. The Morgan fingerprint density at radius 3 is 1.12 bits per heavy atom. The van der Waals surface area contributed by atoms with Crippen LogP contribution in [0.4, 0.5) is 0 Å². The number of hydrogen-bond donors (Lipinski definition) is 4. The van der Waals surface area contributed by atoms with E-state index >= 15 is 0 Å². The molecule has 0 saturated carbocycles. The lowest BCUT2D eigenvalue weighted by Gasteiger charge is -2.40. The molecule has 0 bridgehead atoms. The Kier molecular flexibility index (Phi) is 13.3. The van der Waals surface area contributed by atoms with Crippen molar-refractivity contribution in [3.8, 4) is 11.5 Å². The SMILES string of the molecule is CC(CSc1cc(C(C)(C)C)c(O)c(C(C)(C)C)c1)C(CCCC(=O)O)(C(=O)O)C(C)CSc1cc(C(C)(C)C)c(O)c(C(C)(C)C)c1. The van der Waals surface area contributed by atoms with E-state index < -0.39 is 17.4 Å². The number of carboxylic acids is 2. The Hall–Kier alpha value is -2.32. The Bertz CT molecular complexity index is 1290. The summed E-state index contributed by atoms with van der Waals surface area (Å²) in [5, 5.41) is 42.9. The molecule has 4 N–H and O–H groups in total. The number of aromatic hydroxyl groups is 2. The van der Waals surface area contributed by atoms with Crippen LogP contribution in [0.25, 0.3) is 0 Å². The van der Waals surface area contributed by atoms with E-state index in [4.69, 9.17) is 0 Å². The van der Waals surface area contributed by atoms with Crippen molar-refractivity contribution in [3.63, 3.8) is 0 Å². The normalized spacial score (nSPS) is 15.5. The van der Waals surface area contributed by atoms with Crippen molar-refractivity contribution in [2.45, 2.75) is 148 Å². The predicted molar refractivity (Wildman–Crippen MR) is 202 cm³/mol. The Morgan fingerprint density at radius 2 is 0.896 bits per heavy atom. The van der Waals surface area contributed by atoms with Gasteiger partial charge in [0.15, 0.2) is 0 Å². The van der Waals surface area contributed by atoms with Gasteiger partial charge in [0.05, 0.1) is 5.41 Å². The lowest BCUT2D eigenvalue weighted by Crippen LogP contribution is -2.45. The minimum atomic E-state index is -1.16. The molecule has 0 aliphatic carbocycles. The standard InChI is InChI=1S/C40H62O6S2/c1-24(22-47-26-18-28(36(3,4)5)33(43)29(19-26)37(6,7)8)40(35(45)46,17-15-16-32(41)42)25(2)23-48-27-20-30(38(9,10)11)34(44)31(21-27)39(12,13)14/h18-21,24-25,43-44H,15-17,22-23H2,1-14H3,(H,41,42)(H,45,46). The first kappa shape index (κ1) is 41.8. The Morgan fingerprint density at radius 1 is 0.604 bits per heavy atom. The summed E-state index contributed by atoms with van der Waals surface area (Å²) in [4.78, 5) is 26.9. The summed E-state index contributed by atoms with van der Waals surface area (Å²) < 4.78 is 0. The van der Waals surface area contributed by atoms with E-state index in [2.05, 4.69) is 83.1 Å². The van der Waals surface area contributed by atoms with Crippen LogP contribution in [0, 0.1) is 17.3 Å². The monoisotopic (exact) mass is 702 g/mol. The third kappa shape index (κ3) is 10.1. The summed E-state index contributed by atoms with van der Waals surface area (Å²) in [5.74, 6) is -0.742. The first-order valence-corrected chi connectivity index (χ1v) is 19.1. The van der Waals surface area contributed by atoms with Gasteiger partial charge in [-0.25, -0.2) is 0 Å². The molecule has 0 amide bonds. The van der Waals surface area contributed by atoms with Crippen LogP contribution in [0.15, 0.2) is 34.1 Å². The van der Waals surface area contributed by atoms with E-state index in [1.165, 1.54) is 0 Å². The summed E-state index contributed by atoms with van der Waals surface area (Å²) in [6, 6.07) is 8.11. The average Bonchev–Trinajstić information content (AvgIpc) is 2.90. The fourth-order valence-corrected chi connectivity index (χ4v) is 8.73. The van der Waals surface area contributed by atoms with Crippen LogP contribution in [0.2, 0.25) is 0 Å². The molecule has 6 nitrogen and oxygen atoms in total. The van der Waals surface area contributed by atoms with Crippen molar-refractivity contribution in [2.75, 3.05) is 11.5 Å². The van der Waals surface area contributed by atoms with Crippen LogP contribution in [-0.2, 0) is 31.2 Å². The fraction of sp³-hybridized carbons (Fsp3) is 0.650. The molecule has 8 heteroatoms. The van der Waals surface area contributed by atoms with E-state index in [1.54, 1.807) is 23.5 Å². The van der Waals surface area contributed by atoms with Gasteiger partial charge in [-0.15, -0.1) is 23.5 Å². The van der Waals surface area contributed by atoms with Gasteiger partial charge in [0.1, 0.15) is 11.5 Å². The van der Waals surface area contributed by atoms with Gasteiger partial charge in [-0.3, -0.25) is 9.59 Å². The van der Waals surface area contributed by atoms with E-state index in [0.29, 0.717) is 23.0 Å². The number of carbonyl (C=O) groups is 2. The molecule has 0 aliphatic rings. The average molecular weight is 703 g/mol. The maximum absolute atomic E-state index is 13.4. The van der Waals surface area contributed by atoms with Crippen LogP contribution < -0.4 is 0 Å². The number of phenolic OH excluding ortho intramolecular Hbond substituents is 2. The molecule has 0 aromatic heterocycles. The minimum Gasteiger partial charge on any atom is -0.507 e. The highest BCUT2D eigenvalue weighted by atomic mass is 32.2. The molecule has 0 radical (unpaired) electrons. The number of carboxylic acid groups (broad SMARTS) is 2. The smallest absolute Gasteiger partial charge is 0.310 e. The van der Waals surface area contributed by atoms with Crippen LogP contribution in [0.1, 0.15) is 138 Å². The minimum absolute atomic E-state index is 0.0849. The van der Waals surface area contributed by atoms with Crippen LogP contribution in [-0.4, -0.2) is 43.9 Å². The molecule has 2 atom stereocenters. The van der Waals surface area contributed by atoms with Gasteiger partial charge in [-0.1, -0.05) is 96.9 Å². The number of phenols is 2. The third-order valence-corrected chi connectivity index (χ3v) is 12.0. The summed E-state index contributed by atoms with van der Waals surface area (Å²) >= 11 is 3.20. The van der Waals surface area contributed by atoms with E-state index in [0.717, 1.165) is 32.0 Å². The topological polar surface area (TPSA) is 115 Å². The van der Waals surface area contributed by atoms with E-state index in [9.17, 15) is 30.0 Å². The molecule has 48 heavy (non-hydrogen) atoms. The molecule has 0 spiro atoms. The third-order valence-electron chi connectivity index (χ3n) is 9.54. The second-order valence-electron chi connectivity index (χ2n) is 17.8. The predicted octanol–water partition coefficient (Wildman–Crippen LogP) is 10.8. The summed E-state index contributed by atoms with van der Waals surface area (Å²) in [5.41, 5.74) is 1.14. The zero-order chi connectivity index (χ0) is 37.2.